The van der Waals surface area contributed by atoms with Crippen molar-refractivity contribution in [2.24, 2.45) is 0 Å². The normalized spacial score (nSPS) is 21.1. The van der Waals surface area contributed by atoms with E-state index >= 15 is 0 Å². The Morgan fingerprint density at radius 3 is 2.52 bits per heavy atom. The summed E-state index contributed by atoms with van der Waals surface area (Å²) in [6.45, 7) is 2.62. The van der Waals surface area contributed by atoms with E-state index in [2.05, 4.69) is 29.2 Å². The van der Waals surface area contributed by atoms with Crippen molar-refractivity contribution >= 4 is 34.9 Å². The number of carboxylic acid groups (broad SMARTS) is 2. The highest BCUT2D eigenvalue weighted by Gasteiger charge is 2.44. The number of fused-ring (bicyclic) bond motifs is 3. The number of carboxylic acids is 2. The van der Waals surface area contributed by atoms with Gasteiger partial charge in [-0.25, -0.2) is 14.6 Å². The van der Waals surface area contributed by atoms with Crippen LogP contribution in [0.1, 0.15) is 37.1 Å². The number of thiazole rings is 1. The molecule has 2 N–H and O–H groups in total. The summed E-state index contributed by atoms with van der Waals surface area (Å²) < 4.78 is 1.40. The van der Waals surface area contributed by atoms with Crippen molar-refractivity contribution in [3.05, 3.63) is 50.8 Å². The second-order valence-electron chi connectivity index (χ2n) is 7.80. The number of hydrogen-bond acceptors (Lipinski definition) is 5. The first-order chi connectivity index (χ1) is 14.0. The molecule has 3 heterocycles. The van der Waals surface area contributed by atoms with Gasteiger partial charge in [-0.3, -0.25) is 4.90 Å². The monoisotopic (exact) mass is 412 g/mol. The molecule has 1 aromatic rings. The van der Waals surface area contributed by atoms with Crippen LogP contribution in [-0.2, 0) is 16.0 Å². The molecule has 7 heteroatoms. The fourth-order valence-corrected chi connectivity index (χ4v) is 5.97. The third kappa shape index (κ3) is 4.11. The van der Waals surface area contributed by atoms with Crippen molar-refractivity contribution < 1.29 is 19.8 Å². The maximum Gasteiger partial charge on any atom is 0.328 e. The number of allylic oxidation sites excluding steroid dienone is 4. The Balaban J connectivity index is 0.000000221. The summed E-state index contributed by atoms with van der Waals surface area (Å²) >= 11 is 1.94. The van der Waals surface area contributed by atoms with Gasteiger partial charge in [-0.05, 0) is 62.4 Å². The highest BCUT2D eigenvalue weighted by molar-refractivity contribution is 7.09. The maximum atomic E-state index is 9.55. The van der Waals surface area contributed by atoms with Gasteiger partial charge in [0.2, 0.25) is 0 Å². The van der Waals surface area contributed by atoms with Crippen molar-refractivity contribution in [3.63, 3.8) is 0 Å². The van der Waals surface area contributed by atoms with E-state index in [-0.39, 0.29) is 0 Å². The molecular formula is C22H24N2O4S. The summed E-state index contributed by atoms with van der Waals surface area (Å²) in [4.78, 5) is 26.9. The fourth-order valence-electron chi connectivity index (χ4n) is 4.79. The predicted molar refractivity (Wildman–Crippen MR) is 112 cm³/mol. The molecule has 0 amide bonds. The molecular weight excluding hydrogens is 388 g/mol. The molecule has 0 spiro atoms. The smallest absolute Gasteiger partial charge is 0.328 e. The molecule has 0 aromatic carbocycles. The van der Waals surface area contributed by atoms with Gasteiger partial charge in [-0.1, -0.05) is 18.2 Å². The summed E-state index contributed by atoms with van der Waals surface area (Å²) in [6.07, 6.45) is 17.8. The second-order valence-corrected chi connectivity index (χ2v) is 8.92. The zero-order valence-electron chi connectivity index (χ0n) is 16.1. The molecule has 2 saturated heterocycles. The molecule has 1 aromatic heterocycles. The minimum Gasteiger partial charge on any atom is -0.478 e. The highest BCUT2D eigenvalue weighted by Crippen LogP contribution is 2.41. The Bertz CT molecular complexity index is 1020. The van der Waals surface area contributed by atoms with Crippen LogP contribution in [0, 0.1) is 0 Å². The molecule has 6 nitrogen and oxygen atoms in total. The lowest BCUT2D eigenvalue weighted by atomic mass is 9.91. The number of rotatable bonds is 4. The van der Waals surface area contributed by atoms with Gasteiger partial charge in [0.15, 0.2) is 0 Å². The van der Waals surface area contributed by atoms with Crippen LogP contribution < -0.4 is 9.88 Å². The number of carbonyl (C=O) groups is 2. The van der Waals surface area contributed by atoms with Crippen LogP contribution >= 0.6 is 11.3 Å². The van der Waals surface area contributed by atoms with Crippen LogP contribution in [0.3, 0.4) is 0 Å². The second kappa shape index (κ2) is 8.08. The van der Waals surface area contributed by atoms with Gasteiger partial charge >= 0.3 is 11.9 Å². The summed E-state index contributed by atoms with van der Waals surface area (Å²) in [5.74, 6) is -2.51. The van der Waals surface area contributed by atoms with Gasteiger partial charge in [-0.2, -0.15) is 0 Å². The van der Waals surface area contributed by atoms with E-state index < -0.39 is 11.9 Å². The lowest BCUT2D eigenvalue weighted by molar-refractivity contribution is -0.134. The van der Waals surface area contributed by atoms with E-state index in [0.29, 0.717) is 17.7 Å². The number of nitrogens with zero attached hydrogens (tertiary/aromatic N) is 2. The Labute approximate surface area is 172 Å². The van der Waals surface area contributed by atoms with Crippen LogP contribution in [0.15, 0.2) is 36.0 Å². The van der Waals surface area contributed by atoms with Crippen LogP contribution in [0.25, 0.3) is 11.6 Å². The van der Waals surface area contributed by atoms with E-state index in [4.69, 9.17) is 15.2 Å². The topological polar surface area (TPSA) is 90.7 Å². The zero-order valence-corrected chi connectivity index (χ0v) is 17.0. The molecule has 152 valence electrons. The van der Waals surface area contributed by atoms with Crippen molar-refractivity contribution in [1.29, 1.82) is 0 Å². The van der Waals surface area contributed by atoms with Gasteiger partial charge in [0.1, 0.15) is 0 Å². The Kier molecular flexibility index (Phi) is 5.52. The summed E-state index contributed by atoms with van der Waals surface area (Å²) in [5, 5.41) is 18.3. The molecule has 4 aliphatic rings. The van der Waals surface area contributed by atoms with Crippen molar-refractivity contribution in [2.45, 2.75) is 44.1 Å². The quantitative estimate of drug-likeness (QED) is 0.734. The molecule has 0 unspecified atom stereocenters. The van der Waals surface area contributed by atoms with Crippen LogP contribution in [0.2, 0.25) is 0 Å². The number of aromatic nitrogens is 1. The highest BCUT2D eigenvalue weighted by atomic mass is 32.1. The largest absolute Gasteiger partial charge is 0.478 e. The standard InChI is InChI=1S/C18H20N2S.C4H4O4/c1-2-6-14-13(5-1)11-15-17(14)19-16(21-15)12-18-7-3-9-20(18)10-4-8-18;5-3(6)1-2-4(7)8/h1-2,5,11H,3-4,6-10,12H2;1-2H,(H,5,6)(H,7,8). The molecule has 0 saturated carbocycles. The lowest BCUT2D eigenvalue weighted by Crippen LogP contribution is -2.40. The van der Waals surface area contributed by atoms with Crippen LogP contribution in [0.5, 0.6) is 0 Å². The molecule has 5 rings (SSSR count). The summed E-state index contributed by atoms with van der Waals surface area (Å²) in [7, 11) is 0. The van der Waals surface area contributed by atoms with Crippen molar-refractivity contribution in [3.8, 4) is 0 Å². The SMILES string of the molecule is C1=CCC2=c3nc(CC45CCCN4CCC5)sc3=CC2=C1.O=C(O)C=CC(=O)O. The summed E-state index contributed by atoms with van der Waals surface area (Å²) in [5.41, 5.74) is 3.29. The van der Waals surface area contributed by atoms with Crippen molar-refractivity contribution in [1.82, 2.24) is 9.88 Å². The molecule has 2 aliphatic carbocycles. The van der Waals surface area contributed by atoms with Gasteiger partial charge < -0.3 is 10.2 Å². The predicted octanol–water partition coefficient (Wildman–Crippen LogP) is 1.86. The Hall–Kier alpha value is -2.51. The third-order valence-electron chi connectivity index (χ3n) is 6.01. The van der Waals surface area contributed by atoms with E-state index in [1.165, 1.54) is 71.2 Å². The number of hydrogen-bond donors (Lipinski definition) is 2. The van der Waals surface area contributed by atoms with Gasteiger partial charge in [0.05, 0.1) is 14.9 Å². The van der Waals surface area contributed by atoms with Gasteiger partial charge in [0.25, 0.3) is 0 Å². The van der Waals surface area contributed by atoms with E-state index in [1.54, 1.807) is 0 Å². The van der Waals surface area contributed by atoms with E-state index in [1.807, 2.05) is 11.3 Å². The van der Waals surface area contributed by atoms with Gasteiger partial charge in [0, 0.05) is 24.1 Å². The van der Waals surface area contributed by atoms with E-state index in [9.17, 15) is 9.59 Å². The lowest BCUT2D eigenvalue weighted by Gasteiger charge is -2.31. The molecule has 0 atom stereocenters. The molecule has 2 fully saturated rings. The maximum absolute atomic E-state index is 9.55. The number of aliphatic carboxylic acids is 2. The first-order valence-electron chi connectivity index (χ1n) is 9.94. The average molecular weight is 413 g/mol. The minimum atomic E-state index is -1.26. The first kappa shape index (κ1) is 19.8. The molecule has 29 heavy (non-hydrogen) atoms. The fraction of sp³-hybridized carbons (Fsp3) is 0.409. The Morgan fingerprint density at radius 1 is 1.17 bits per heavy atom. The Morgan fingerprint density at radius 2 is 1.86 bits per heavy atom. The first-order valence-corrected chi connectivity index (χ1v) is 10.8. The summed E-state index contributed by atoms with van der Waals surface area (Å²) in [6, 6.07) is 0. The van der Waals surface area contributed by atoms with Crippen molar-refractivity contribution in [2.75, 3.05) is 13.1 Å². The minimum absolute atomic E-state index is 0.460. The van der Waals surface area contributed by atoms with Crippen LogP contribution in [0.4, 0.5) is 0 Å². The molecule has 0 radical (unpaired) electrons. The zero-order chi connectivity index (χ0) is 20.4. The molecule has 2 aliphatic heterocycles. The molecule has 0 bridgehead atoms. The third-order valence-corrected chi connectivity index (χ3v) is 7.01. The van der Waals surface area contributed by atoms with Gasteiger partial charge in [-0.15, -0.1) is 11.3 Å². The van der Waals surface area contributed by atoms with E-state index in [0.717, 1.165) is 6.42 Å². The van der Waals surface area contributed by atoms with Crippen LogP contribution in [-0.4, -0.2) is 50.7 Å². The average Bonchev–Trinajstić information content (AvgIpc) is 3.40.